The highest BCUT2D eigenvalue weighted by Crippen LogP contribution is 1.93. The highest BCUT2D eigenvalue weighted by Gasteiger charge is 2.00. The summed E-state index contributed by atoms with van der Waals surface area (Å²) in [5.74, 6) is -0.146. The first-order valence-corrected chi connectivity index (χ1v) is 4.00. The van der Waals surface area contributed by atoms with Crippen molar-refractivity contribution in [1.29, 1.82) is 0 Å². The molecule has 0 aliphatic carbocycles. The van der Waals surface area contributed by atoms with E-state index in [-0.39, 0.29) is 5.91 Å². The molecular weight excluding hydrogens is 182 g/mol. The third-order valence-electron chi connectivity index (χ3n) is 1.10. The second kappa shape index (κ2) is 7.85. The first-order valence-electron chi connectivity index (χ1n) is 4.00. The van der Waals surface area contributed by atoms with Crippen LogP contribution in [0.4, 0.5) is 4.79 Å². The summed E-state index contributed by atoms with van der Waals surface area (Å²) in [5, 5.41) is 2.60. The number of urea groups is 1. The number of rotatable bonds is 3. The minimum atomic E-state index is -0.833. The summed E-state index contributed by atoms with van der Waals surface area (Å²) in [7, 11) is 0. The molecule has 14 heavy (non-hydrogen) atoms. The van der Waals surface area contributed by atoms with Gasteiger partial charge in [-0.1, -0.05) is 20.1 Å². The molecule has 0 unspecified atom stereocenters. The maximum absolute atomic E-state index is 10.8. The standard InChI is InChI=1S/C8H13NO.CH4N2O/c1-5-7(4)9-8(10)6(2)3;2-1(3)4/h2,4-5H2,1,3H3,(H,9,10);(H4,2,3,4). The topological polar surface area (TPSA) is 98.2 Å². The molecule has 0 saturated carbocycles. The lowest BCUT2D eigenvalue weighted by Gasteiger charge is -2.03. The van der Waals surface area contributed by atoms with Crippen LogP contribution in [0.5, 0.6) is 0 Å². The first-order chi connectivity index (χ1) is 6.31. The molecule has 3 amide bonds. The van der Waals surface area contributed by atoms with Gasteiger partial charge >= 0.3 is 6.03 Å². The molecule has 0 atom stereocenters. The summed E-state index contributed by atoms with van der Waals surface area (Å²) in [6.45, 7) is 10.7. The van der Waals surface area contributed by atoms with Crippen molar-refractivity contribution >= 4 is 11.9 Å². The lowest BCUT2D eigenvalue weighted by Crippen LogP contribution is -2.21. The Morgan fingerprint density at radius 2 is 1.64 bits per heavy atom. The number of allylic oxidation sites excluding steroid dienone is 1. The molecular formula is C9H17N3O2. The number of amides is 3. The molecule has 0 bridgehead atoms. The molecule has 0 spiro atoms. The molecule has 0 rings (SSSR count). The summed E-state index contributed by atoms with van der Waals surface area (Å²) in [5.41, 5.74) is 9.74. The van der Waals surface area contributed by atoms with Gasteiger partial charge in [-0.2, -0.15) is 0 Å². The monoisotopic (exact) mass is 199 g/mol. The van der Waals surface area contributed by atoms with Crippen molar-refractivity contribution in [1.82, 2.24) is 5.32 Å². The van der Waals surface area contributed by atoms with Crippen molar-refractivity contribution in [2.24, 2.45) is 11.5 Å². The average Bonchev–Trinajstić information content (AvgIpc) is 2.02. The predicted octanol–water partition coefficient (Wildman–Crippen LogP) is 0.626. The minimum absolute atomic E-state index is 0.146. The van der Waals surface area contributed by atoms with E-state index in [2.05, 4.69) is 29.9 Å². The van der Waals surface area contributed by atoms with E-state index in [9.17, 15) is 4.79 Å². The van der Waals surface area contributed by atoms with Gasteiger partial charge < -0.3 is 16.8 Å². The zero-order valence-electron chi connectivity index (χ0n) is 8.59. The van der Waals surface area contributed by atoms with Gasteiger partial charge in [0.25, 0.3) is 0 Å². The van der Waals surface area contributed by atoms with Gasteiger partial charge in [-0.15, -0.1) is 0 Å². The molecule has 0 saturated heterocycles. The second-order valence-corrected chi connectivity index (χ2v) is 2.59. The maximum atomic E-state index is 10.8. The van der Waals surface area contributed by atoms with E-state index in [4.69, 9.17) is 4.79 Å². The van der Waals surface area contributed by atoms with Crippen molar-refractivity contribution in [3.05, 3.63) is 24.4 Å². The van der Waals surface area contributed by atoms with Gasteiger partial charge in [-0.25, -0.2) is 4.79 Å². The zero-order chi connectivity index (χ0) is 11.7. The molecule has 0 fully saturated rings. The van der Waals surface area contributed by atoms with Crippen LogP contribution in [0, 0.1) is 0 Å². The summed E-state index contributed by atoms with van der Waals surface area (Å²) in [6.07, 6.45) is 0.763. The van der Waals surface area contributed by atoms with Gasteiger partial charge in [0.2, 0.25) is 5.91 Å². The van der Waals surface area contributed by atoms with E-state index in [1.54, 1.807) is 6.92 Å². The van der Waals surface area contributed by atoms with Crippen LogP contribution in [0.1, 0.15) is 20.3 Å². The van der Waals surface area contributed by atoms with Gasteiger partial charge in [-0.05, 0) is 13.3 Å². The van der Waals surface area contributed by atoms with Crippen LogP contribution in [0.3, 0.4) is 0 Å². The SMILES string of the molecule is C=C(CC)NC(=O)C(=C)C.NC(N)=O. The molecule has 0 aliphatic heterocycles. The molecule has 0 heterocycles. The van der Waals surface area contributed by atoms with Crippen LogP contribution >= 0.6 is 0 Å². The molecule has 0 aromatic heterocycles. The number of primary amides is 2. The summed E-state index contributed by atoms with van der Waals surface area (Å²) >= 11 is 0. The molecule has 0 aliphatic rings. The van der Waals surface area contributed by atoms with Crippen molar-refractivity contribution in [2.45, 2.75) is 20.3 Å². The van der Waals surface area contributed by atoms with Crippen molar-refractivity contribution in [3.8, 4) is 0 Å². The van der Waals surface area contributed by atoms with Gasteiger partial charge in [0.1, 0.15) is 0 Å². The normalized spacial score (nSPS) is 7.86. The Hall–Kier alpha value is -1.78. The minimum Gasteiger partial charge on any atom is -0.352 e. The number of carbonyl (C=O) groups is 2. The van der Waals surface area contributed by atoms with E-state index < -0.39 is 6.03 Å². The Bertz CT molecular complexity index is 242. The second-order valence-electron chi connectivity index (χ2n) is 2.59. The van der Waals surface area contributed by atoms with Crippen LogP contribution < -0.4 is 16.8 Å². The third-order valence-corrected chi connectivity index (χ3v) is 1.10. The van der Waals surface area contributed by atoms with E-state index in [0.29, 0.717) is 5.57 Å². The van der Waals surface area contributed by atoms with Crippen LogP contribution in [0.2, 0.25) is 0 Å². The largest absolute Gasteiger partial charge is 0.352 e. The van der Waals surface area contributed by atoms with Gasteiger partial charge in [-0.3, -0.25) is 4.79 Å². The molecule has 5 nitrogen and oxygen atoms in total. The summed E-state index contributed by atoms with van der Waals surface area (Å²) < 4.78 is 0. The molecule has 80 valence electrons. The van der Waals surface area contributed by atoms with Crippen molar-refractivity contribution < 1.29 is 9.59 Å². The number of carbonyl (C=O) groups excluding carboxylic acids is 2. The Balaban J connectivity index is 0. The molecule has 5 N–H and O–H groups in total. The van der Waals surface area contributed by atoms with E-state index in [0.717, 1.165) is 12.1 Å². The van der Waals surface area contributed by atoms with E-state index in [1.807, 2.05) is 6.92 Å². The molecule has 5 heteroatoms. The lowest BCUT2D eigenvalue weighted by atomic mass is 10.3. The fourth-order valence-electron chi connectivity index (χ4n) is 0.356. The quantitative estimate of drug-likeness (QED) is 0.581. The molecule has 0 aromatic carbocycles. The lowest BCUT2D eigenvalue weighted by molar-refractivity contribution is -0.116. The maximum Gasteiger partial charge on any atom is 0.309 e. The summed E-state index contributed by atoms with van der Waals surface area (Å²) in [4.78, 5) is 19.8. The Morgan fingerprint density at radius 1 is 1.29 bits per heavy atom. The van der Waals surface area contributed by atoms with Crippen LogP contribution in [-0.2, 0) is 4.79 Å². The van der Waals surface area contributed by atoms with Crippen LogP contribution in [-0.4, -0.2) is 11.9 Å². The van der Waals surface area contributed by atoms with Gasteiger partial charge in [0, 0.05) is 11.3 Å². The zero-order valence-corrected chi connectivity index (χ0v) is 8.59. The smallest absolute Gasteiger partial charge is 0.309 e. The molecule has 0 radical (unpaired) electrons. The highest BCUT2D eigenvalue weighted by molar-refractivity contribution is 5.93. The summed E-state index contributed by atoms with van der Waals surface area (Å²) in [6, 6.07) is -0.833. The number of hydrogen-bond acceptors (Lipinski definition) is 2. The van der Waals surface area contributed by atoms with Crippen LogP contribution in [0.25, 0.3) is 0 Å². The number of nitrogens with one attached hydrogen (secondary N) is 1. The van der Waals surface area contributed by atoms with E-state index in [1.165, 1.54) is 0 Å². The van der Waals surface area contributed by atoms with E-state index >= 15 is 0 Å². The first kappa shape index (κ1) is 14.7. The Morgan fingerprint density at radius 3 is 1.86 bits per heavy atom. The van der Waals surface area contributed by atoms with Gasteiger partial charge in [0.05, 0.1) is 0 Å². The third kappa shape index (κ3) is 12.9. The van der Waals surface area contributed by atoms with Crippen LogP contribution in [0.15, 0.2) is 24.4 Å². The highest BCUT2D eigenvalue weighted by atomic mass is 16.2. The fourth-order valence-corrected chi connectivity index (χ4v) is 0.356. The van der Waals surface area contributed by atoms with Crippen molar-refractivity contribution in [2.75, 3.05) is 0 Å². The predicted molar refractivity (Wildman–Crippen MR) is 56.2 cm³/mol. The molecule has 0 aromatic rings. The Kier molecular flexibility index (Phi) is 8.26. The number of hydrogen-bond donors (Lipinski definition) is 3. The fraction of sp³-hybridized carbons (Fsp3) is 0.333. The Labute approximate surface area is 83.8 Å². The van der Waals surface area contributed by atoms with Gasteiger partial charge in [0.15, 0.2) is 0 Å². The average molecular weight is 199 g/mol. The van der Waals surface area contributed by atoms with Crippen molar-refractivity contribution in [3.63, 3.8) is 0 Å². The number of nitrogens with two attached hydrogens (primary N) is 2.